The Bertz CT molecular complexity index is 1170. The molecule has 2 aromatic rings. The van der Waals surface area contributed by atoms with Crippen LogP contribution in [-0.4, -0.2) is 65.9 Å². The number of carbonyl (C=O) groups is 4. The van der Waals surface area contributed by atoms with Crippen LogP contribution >= 0.6 is 0 Å². The van der Waals surface area contributed by atoms with Gasteiger partial charge >= 0.3 is 23.9 Å². The van der Waals surface area contributed by atoms with Crippen LogP contribution in [0.25, 0.3) is 10.9 Å². The van der Waals surface area contributed by atoms with Gasteiger partial charge in [-0.2, -0.15) is 0 Å². The molecule has 0 spiro atoms. The van der Waals surface area contributed by atoms with Crippen LogP contribution in [-0.2, 0) is 42.9 Å². The molecule has 12 nitrogen and oxygen atoms in total. The number of rotatable bonds is 7. The summed E-state index contributed by atoms with van der Waals surface area (Å²) in [7, 11) is 0. The van der Waals surface area contributed by atoms with Crippen molar-refractivity contribution in [2.24, 2.45) is 0 Å². The number of fused-ring (bicyclic) bond motifs is 1. The van der Waals surface area contributed by atoms with Crippen molar-refractivity contribution >= 4 is 34.8 Å². The van der Waals surface area contributed by atoms with Crippen LogP contribution in [0.4, 0.5) is 0 Å². The van der Waals surface area contributed by atoms with E-state index < -0.39 is 66.7 Å². The maximum absolute atomic E-state index is 12.7. The van der Waals surface area contributed by atoms with Crippen molar-refractivity contribution < 1.29 is 47.7 Å². The summed E-state index contributed by atoms with van der Waals surface area (Å²) in [6, 6.07) is 9.71. The van der Waals surface area contributed by atoms with E-state index in [1.165, 1.54) is 13.0 Å². The zero-order valence-electron chi connectivity index (χ0n) is 19.5. The van der Waals surface area contributed by atoms with Crippen molar-refractivity contribution in [2.75, 3.05) is 6.61 Å². The predicted octanol–water partition coefficient (Wildman–Crippen LogP) is 0.513. The minimum Gasteiger partial charge on any atom is -0.463 e. The summed E-state index contributed by atoms with van der Waals surface area (Å²) in [6.07, 6.45) is -6.93. The standard InChI is InChI=1S/C23H25NO11/c1-12(25)30-11-18-20(31-13(2)26)21(32-14(3)27)22(33-15(4)28)23(34-18)35-24-17-8-6-5-7-16(17)9-10-19(24)29/h5-10,18,20-23H,11H2,1-4H3/t18-,20-,21+,22+,23-/m1/s1. The highest BCUT2D eigenvalue weighted by Gasteiger charge is 2.53. The van der Waals surface area contributed by atoms with Gasteiger partial charge in [0.25, 0.3) is 11.8 Å². The molecule has 1 fully saturated rings. The van der Waals surface area contributed by atoms with Crippen molar-refractivity contribution in [1.29, 1.82) is 0 Å². The van der Waals surface area contributed by atoms with E-state index in [1.807, 2.05) is 0 Å². The molecule has 5 atom stereocenters. The Balaban J connectivity index is 2.08. The molecule has 1 aromatic heterocycles. The summed E-state index contributed by atoms with van der Waals surface area (Å²) in [5.41, 5.74) is -0.176. The minimum atomic E-state index is -1.53. The molecule has 35 heavy (non-hydrogen) atoms. The number of nitrogens with zero attached hydrogens (tertiary/aromatic N) is 1. The van der Waals surface area contributed by atoms with E-state index in [1.54, 1.807) is 30.3 Å². The first kappa shape index (κ1) is 25.7. The SMILES string of the molecule is CC(=O)OC[C@H]1O[C@H](On2c(=O)ccc3ccccc32)[C@@H](OC(C)=O)[C@@H](OC(C)=O)[C@@H]1OC(C)=O. The van der Waals surface area contributed by atoms with Crippen LogP contribution in [0, 0.1) is 0 Å². The molecule has 3 rings (SSSR count). The van der Waals surface area contributed by atoms with Crippen molar-refractivity contribution in [1.82, 2.24) is 4.73 Å². The number of hydrogen-bond acceptors (Lipinski definition) is 11. The molecule has 0 radical (unpaired) electrons. The lowest BCUT2D eigenvalue weighted by molar-refractivity contribution is -0.307. The van der Waals surface area contributed by atoms with Gasteiger partial charge in [-0.3, -0.25) is 24.0 Å². The van der Waals surface area contributed by atoms with Crippen LogP contribution in [0.1, 0.15) is 27.7 Å². The highest BCUT2D eigenvalue weighted by atomic mass is 16.8. The molecule has 1 aromatic carbocycles. The second-order valence-electron chi connectivity index (χ2n) is 7.70. The Hall–Kier alpha value is -3.93. The molecule has 0 amide bonds. The average Bonchev–Trinajstić information content (AvgIpc) is 2.77. The summed E-state index contributed by atoms with van der Waals surface area (Å²) >= 11 is 0. The second-order valence-corrected chi connectivity index (χ2v) is 7.70. The second kappa shape index (κ2) is 11.0. The van der Waals surface area contributed by atoms with Crippen molar-refractivity contribution in [3.05, 3.63) is 46.8 Å². The molecule has 188 valence electrons. The first-order valence-corrected chi connectivity index (χ1v) is 10.6. The third kappa shape index (κ3) is 6.35. The lowest BCUT2D eigenvalue weighted by atomic mass is 9.98. The molecule has 0 saturated carbocycles. The third-order valence-corrected chi connectivity index (χ3v) is 4.92. The average molecular weight is 491 g/mol. The number of benzene rings is 1. The molecule has 1 aliphatic rings. The van der Waals surface area contributed by atoms with E-state index >= 15 is 0 Å². The number of aromatic nitrogens is 1. The van der Waals surface area contributed by atoms with Gasteiger partial charge in [0.1, 0.15) is 12.7 Å². The van der Waals surface area contributed by atoms with Crippen molar-refractivity contribution in [3.8, 4) is 0 Å². The van der Waals surface area contributed by atoms with Gasteiger partial charge in [-0.05, 0) is 12.1 Å². The number of ether oxygens (including phenoxy) is 5. The molecule has 0 N–H and O–H groups in total. The first-order chi connectivity index (χ1) is 16.6. The maximum Gasteiger partial charge on any atom is 0.303 e. The van der Waals surface area contributed by atoms with Crippen LogP contribution in [0.5, 0.6) is 0 Å². The van der Waals surface area contributed by atoms with Gasteiger partial charge in [0.2, 0.25) is 6.10 Å². The Labute approximate surface area is 199 Å². The fraction of sp³-hybridized carbons (Fsp3) is 0.435. The van der Waals surface area contributed by atoms with Crippen LogP contribution < -0.4 is 10.4 Å². The molecular formula is C23H25NO11. The minimum absolute atomic E-state index is 0.382. The van der Waals surface area contributed by atoms with Gasteiger partial charge < -0.3 is 28.5 Å². The van der Waals surface area contributed by atoms with Crippen LogP contribution in [0.15, 0.2) is 41.2 Å². The first-order valence-electron chi connectivity index (χ1n) is 10.6. The zero-order valence-corrected chi connectivity index (χ0v) is 19.5. The zero-order chi connectivity index (χ0) is 25.7. The fourth-order valence-electron chi connectivity index (χ4n) is 3.65. The number of para-hydroxylation sites is 1. The van der Waals surface area contributed by atoms with E-state index in [0.29, 0.717) is 10.9 Å². The van der Waals surface area contributed by atoms with Gasteiger partial charge in [-0.15, -0.1) is 4.73 Å². The van der Waals surface area contributed by atoms with Crippen LogP contribution in [0.2, 0.25) is 0 Å². The van der Waals surface area contributed by atoms with Gasteiger partial charge in [0, 0.05) is 39.1 Å². The van der Waals surface area contributed by atoms with E-state index in [9.17, 15) is 24.0 Å². The van der Waals surface area contributed by atoms with E-state index in [-0.39, 0.29) is 0 Å². The lowest BCUT2D eigenvalue weighted by Gasteiger charge is -2.43. The Morgan fingerprint density at radius 1 is 0.800 bits per heavy atom. The van der Waals surface area contributed by atoms with Gasteiger partial charge in [0.15, 0.2) is 12.2 Å². The van der Waals surface area contributed by atoms with E-state index in [2.05, 4.69) is 0 Å². The summed E-state index contributed by atoms with van der Waals surface area (Å²) in [5, 5.41) is 0.665. The molecule has 0 bridgehead atoms. The largest absolute Gasteiger partial charge is 0.463 e. The number of carbonyl (C=O) groups excluding carboxylic acids is 4. The molecule has 0 aliphatic carbocycles. The third-order valence-electron chi connectivity index (χ3n) is 4.92. The van der Waals surface area contributed by atoms with Crippen molar-refractivity contribution in [2.45, 2.75) is 58.4 Å². The summed E-state index contributed by atoms with van der Waals surface area (Å²) in [6.45, 7) is 4.09. The molecule has 1 aliphatic heterocycles. The summed E-state index contributed by atoms with van der Waals surface area (Å²) < 4.78 is 27.9. The maximum atomic E-state index is 12.7. The van der Waals surface area contributed by atoms with Gasteiger partial charge in [0.05, 0.1) is 5.52 Å². The number of hydrogen-bond donors (Lipinski definition) is 0. The molecule has 12 heteroatoms. The Kier molecular flexibility index (Phi) is 8.07. The quantitative estimate of drug-likeness (QED) is 0.394. The summed E-state index contributed by atoms with van der Waals surface area (Å²) in [4.78, 5) is 65.6. The molecule has 1 saturated heterocycles. The van der Waals surface area contributed by atoms with E-state index in [4.69, 9.17) is 28.5 Å². The van der Waals surface area contributed by atoms with Crippen LogP contribution in [0.3, 0.4) is 0 Å². The highest BCUT2D eigenvalue weighted by Crippen LogP contribution is 2.29. The fourth-order valence-corrected chi connectivity index (χ4v) is 3.65. The predicted molar refractivity (Wildman–Crippen MR) is 117 cm³/mol. The smallest absolute Gasteiger partial charge is 0.303 e. The monoisotopic (exact) mass is 491 g/mol. The Morgan fingerprint density at radius 2 is 1.40 bits per heavy atom. The molecular weight excluding hydrogens is 466 g/mol. The van der Waals surface area contributed by atoms with Crippen molar-refractivity contribution in [3.63, 3.8) is 0 Å². The number of esters is 4. The molecule has 2 heterocycles. The van der Waals surface area contributed by atoms with Gasteiger partial charge in [-0.25, -0.2) is 0 Å². The topological polar surface area (TPSA) is 146 Å². The Morgan fingerprint density at radius 3 is 2.03 bits per heavy atom. The van der Waals surface area contributed by atoms with E-state index in [0.717, 1.165) is 25.5 Å². The highest BCUT2D eigenvalue weighted by molar-refractivity contribution is 5.78. The summed E-state index contributed by atoms with van der Waals surface area (Å²) in [5.74, 6) is -2.97. The number of pyridine rings is 1. The normalized spacial score (nSPS) is 23.7. The lowest BCUT2D eigenvalue weighted by Crippen LogP contribution is -2.64. The van der Waals surface area contributed by atoms with Gasteiger partial charge in [-0.1, -0.05) is 18.2 Å². The molecule has 0 unspecified atom stereocenters.